The molecule has 0 aromatic heterocycles. The Kier molecular flexibility index (Phi) is 3.41. The molecule has 0 aliphatic carbocycles. The van der Waals surface area contributed by atoms with Crippen molar-refractivity contribution >= 4 is 0 Å². The first kappa shape index (κ1) is 9.69. The van der Waals surface area contributed by atoms with Crippen molar-refractivity contribution in [2.75, 3.05) is 6.61 Å². The maximum atomic E-state index is 12.7. The third-order valence-corrected chi connectivity index (χ3v) is 1.77. The standard InChI is InChI=1S/C10H10FNO/c11-10-3-1-2-8(5-10)4-9(6-12)7-13/h1-3,5,9,13H,4,7H2. The molecule has 0 aliphatic heterocycles. The number of hydrogen-bond acceptors (Lipinski definition) is 2. The summed E-state index contributed by atoms with van der Waals surface area (Å²) in [5.41, 5.74) is 0.737. The zero-order valence-corrected chi connectivity index (χ0v) is 7.07. The molecule has 0 saturated carbocycles. The topological polar surface area (TPSA) is 44.0 Å². The summed E-state index contributed by atoms with van der Waals surface area (Å²) in [4.78, 5) is 0. The van der Waals surface area contributed by atoms with Crippen LogP contribution in [0.5, 0.6) is 0 Å². The van der Waals surface area contributed by atoms with Crippen LogP contribution < -0.4 is 0 Å². The number of aliphatic hydroxyl groups excluding tert-OH is 1. The molecular formula is C10H10FNO. The van der Waals surface area contributed by atoms with Gasteiger partial charge in [-0.3, -0.25) is 0 Å². The van der Waals surface area contributed by atoms with E-state index < -0.39 is 5.92 Å². The third-order valence-electron chi connectivity index (χ3n) is 1.77. The van der Waals surface area contributed by atoms with Gasteiger partial charge in [0.15, 0.2) is 0 Å². The molecule has 1 aromatic carbocycles. The monoisotopic (exact) mass is 179 g/mol. The Bertz CT molecular complexity index is 319. The van der Waals surface area contributed by atoms with Crippen LogP contribution in [-0.4, -0.2) is 11.7 Å². The van der Waals surface area contributed by atoms with Gasteiger partial charge >= 0.3 is 0 Å². The number of nitriles is 1. The number of nitrogens with zero attached hydrogens (tertiary/aromatic N) is 1. The summed E-state index contributed by atoms with van der Waals surface area (Å²) >= 11 is 0. The zero-order valence-electron chi connectivity index (χ0n) is 7.07. The van der Waals surface area contributed by atoms with E-state index in [-0.39, 0.29) is 12.4 Å². The fourth-order valence-corrected chi connectivity index (χ4v) is 1.10. The Balaban J connectivity index is 2.69. The number of benzene rings is 1. The maximum absolute atomic E-state index is 12.7. The van der Waals surface area contributed by atoms with Crippen molar-refractivity contribution in [1.82, 2.24) is 0 Å². The summed E-state index contributed by atoms with van der Waals surface area (Å²) in [6.45, 7) is -0.187. The summed E-state index contributed by atoms with van der Waals surface area (Å²) in [5.74, 6) is -0.756. The van der Waals surface area contributed by atoms with E-state index in [0.29, 0.717) is 6.42 Å². The SMILES string of the molecule is N#CC(CO)Cc1cccc(F)c1. The molecule has 0 spiro atoms. The van der Waals surface area contributed by atoms with Gasteiger partial charge in [0.2, 0.25) is 0 Å². The second-order valence-corrected chi connectivity index (χ2v) is 2.84. The van der Waals surface area contributed by atoms with Crippen molar-refractivity contribution in [3.63, 3.8) is 0 Å². The van der Waals surface area contributed by atoms with E-state index in [1.165, 1.54) is 12.1 Å². The number of hydrogen-bond donors (Lipinski definition) is 1. The van der Waals surface area contributed by atoms with Gasteiger partial charge in [-0.25, -0.2) is 4.39 Å². The van der Waals surface area contributed by atoms with E-state index in [2.05, 4.69) is 0 Å². The van der Waals surface area contributed by atoms with Crippen LogP contribution in [0, 0.1) is 23.1 Å². The molecule has 0 heterocycles. The van der Waals surface area contributed by atoms with Gasteiger partial charge < -0.3 is 5.11 Å². The van der Waals surface area contributed by atoms with Gasteiger partial charge in [-0.2, -0.15) is 5.26 Å². The Morgan fingerprint density at radius 3 is 2.85 bits per heavy atom. The van der Waals surface area contributed by atoms with Crippen LogP contribution >= 0.6 is 0 Å². The van der Waals surface area contributed by atoms with Gasteiger partial charge in [0, 0.05) is 0 Å². The third kappa shape index (κ3) is 2.85. The van der Waals surface area contributed by atoms with Gasteiger partial charge in [-0.15, -0.1) is 0 Å². The van der Waals surface area contributed by atoms with Crippen LogP contribution in [0.15, 0.2) is 24.3 Å². The van der Waals surface area contributed by atoms with E-state index >= 15 is 0 Å². The molecular weight excluding hydrogens is 169 g/mol. The smallest absolute Gasteiger partial charge is 0.123 e. The molecule has 1 N–H and O–H groups in total. The molecule has 0 amide bonds. The van der Waals surface area contributed by atoms with Crippen molar-refractivity contribution in [2.45, 2.75) is 6.42 Å². The predicted octanol–water partition coefficient (Wildman–Crippen LogP) is 1.50. The van der Waals surface area contributed by atoms with Crippen LogP contribution in [0.25, 0.3) is 0 Å². The molecule has 3 heteroatoms. The highest BCUT2D eigenvalue weighted by atomic mass is 19.1. The summed E-state index contributed by atoms with van der Waals surface area (Å²) in [6.07, 6.45) is 0.394. The number of halogens is 1. The lowest BCUT2D eigenvalue weighted by atomic mass is 10.0. The average molecular weight is 179 g/mol. The second kappa shape index (κ2) is 4.58. The first-order valence-corrected chi connectivity index (χ1v) is 4.01. The minimum atomic E-state index is -0.443. The molecule has 1 rings (SSSR count). The second-order valence-electron chi connectivity index (χ2n) is 2.84. The van der Waals surface area contributed by atoms with Gasteiger partial charge in [0.05, 0.1) is 18.6 Å². The average Bonchev–Trinajstić information content (AvgIpc) is 2.14. The molecule has 13 heavy (non-hydrogen) atoms. The van der Waals surface area contributed by atoms with Crippen molar-refractivity contribution in [1.29, 1.82) is 5.26 Å². The highest BCUT2D eigenvalue weighted by molar-refractivity contribution is 5.17. The van der Waals surface area contributed by atoms with Gasteiger partial charge in [-0.1, -0.05) is 12.1 Å². The highest BCUT2D eigenvalue weighted by Crippen LogP contribution is 2.09. The van der Waals surface area contributed by atoms with Gasteiger partial charge in [0.1, 0.15) is 5.82 Å². The molecule has 0 radical (unpaired) electrons. The largest absolute Gasteiger partial charge is 0.395 e. The summed E-state index contributed by atoms with van der Waals surface area (Å²) in [6, 6.07) is 8.01. The van der Waals surface area contributed by atoms with E-state index in [1.807, 2.05) is 6.07 Å². The fraction of sp³-hybridized carbons (Fsp3) is 0.300. The van der Waals surface area contributed by atoms with E-state index in [9.17, 15) is 4.39 Å². The quantitative estimate of drug-likeness (QED) is 0.764. The lowest BCUT2D eigenvalue weighted by molar-refractivity contribution is 0.255. The summed E-state index contributed by atoms with van der Waals surface area (Å²) in [7, 11) is 0. The van der Waals surface area contributed by atoms with Crippen LogP contribution in [0.2, 0.25) is 0 Å². The van der Waals surface area contributed by atoms with Crippen LogP contribution in [0.4, 0.5) is 4.39 Å². The molecule has 1 aromatic rings. The number of aliphatic hydroxyl groups is 1. The van der Waals surface area contributed by atoms with E-state index in [4.69, 9.17) is 10.4 Å². The lowest BCUT2D eigenvalue weighted by Gasteiger charge is -2.04. The minimum Gasteiger partial charge on any atom is -0.395 e. The molecule has 68 valence electrons. The fourth-order valence-electron chi connectivity index (χ4n) is 1.10. The van der Waals surface area contributed by atoms with Crippen molar-refractivity contribution in [3.8, 4) is 6.07 Å². The van der Waals surface area contributed by atoms with Crippen molar-refractivity contribution < 1.29 is 9.50 Å². The Hall–Kier alpha value is -1.40. The Morgan fingerprint density at radius 2 is 2.31 bits per heavy atom. The first-order chi connectivity index (χ1) is 6.26. The highest BCUT2D eigenvalue weighted by Gasteiger charge is 2.06. The zero-order chi connectivity index (χ0) is 9.68. The molecule has 2 nitrogen and oxygen atoms in total. The van der Waals surface area contributed by atoms with E-state index in [1.54, 1.807) is 12.1 Å². The van der Waals surface area contributed by atoms with Gasteiger partial charge in [-0.05, 0) is 24.1 Å². The molecule has 0 bridgehead atoms. The molecule has 0 saturated heterocycles. The molecule has 1 unspecified atom stereocenters. The van der Waals surface area contributed by atoms with Crippen molar-refractivity contribution in [2.24, 2.45) is 5.92 Å². The molecule has 0 fully saturated rings. The van der Waals surface area contributed by atoms with Crippen LogP contribution in [0.1, 0.15) is 5.56 Å². The molecule has 0 aliphatic rings. The normalized spacial score (nSPS) is 12.1. The Labute approximate surface area is 76.2 Å². The predicted molar refractivity (Wildman–Crippen MR) is 46.3 cm³/mol. The minimum absolute atomic E-state index is 0.187. The summed E-state index contributed by atoms with van der Waals surface area (Å²) < 4.78 is 12.7. The van der Waals surface area contributed by atoms with Crippen molar-refractivity contribution in [3.05, 3.63) is 35.6 Å². The Morgan fingerprint density at radius 1 is 1.54 bits per heavy atom. The van der Waals surface area contributed by atoms with Crippen LogP contribution in [-0.2, 0) is 6.42 Å². The lowest BCUT2D eigenvalue weighted by Crippen LogP contribution is -2.06. The first-order valence-electron chi connectivity index (χ1n) is 4.01. The van der Waals surface area contributed by atoms with Gasteiger partial charge in [0.25, 0.3) is 0 Å². The van der Waals surface area contributed by atoms with Crippen LogP contribution in [0.3, 0.4) is 0 Å². The van der Waals surface area contributed by atoms with E-state index in [0.717, 1.165) is 5.56 Å². The summed E-state index contributed by atoms with van der Waals surface area (Å²) in [5, 5.41) is 17.3. The number of rotatable bonds is 3. The molecule has 1 atom stereocenters. The maximum Gasteiger partial charge on any atom is 0.123 e.